The minimum Gasteiger partial charge on any atom is -0.491 e. The third kappa shape index (κ3) is 3.33. The Bertz CT molecular complexity index is 409. The normalized spacial score (nSPS) is 16.2. The number of likely N-dealkylation sites (tertiary alicyclic amines) is 1. The summed E-state index contributed by atoms with van der Waals surface area (Å²) in [6.07, 6.45) is 3.60. The molecule has 1 aliphatic heterocycles. The molecule has 2 rings (SSSR count). The van der Waals surface area contributed by atoms with Crippen LogP contribution in [0.2, 0.25) is 0 Å². The van der Waals surface area contributed by atoms with E-state index < -0.39 is 0 Å². The Balaban J connectivity index is 2.19. The van der Waals surface area contributed by atoms with Crippen LogP contribution in [0.4, 0.5) is 0 Å². The first-order chi connectivity index (χ1) is 8.69. The van der Waals surface area contributed by atoms with Crippen molar-refractivity contribution in [3.05, 3.63) is 29.3 Å². The molecular weight excluding hydrogens is 226 g/mol. The summed E-state index contributed by atoms with van der Waals surface area (Å²) in [5.74, 6) is 0.905. The van der Waals surface area contributed by atoms with Crippen LogP contribution in [-0.4, -0.2) is 30.4 Å². The smallest absolute Gasteiger partial charge is 0.150 e. The van der Waals surface area contributed by atoms with Crippen molar-refractivity contribution in [1.82, 2.24) is 4.90 Å². The Hall–Kier alpha value is -1.35. The highest BCUT2D eigenvalue weighted by atomic mass is 16.5. The standard InChI is InChI=1S/C15H21NO2/c1-12(2)18-15-6-5-13(11-17)9-14(15)10-16-7-3-4-8-16/h5-6,9,11-12H,3-4,7-8,10H2,1-2H3. The minimum atomic E-state index is 0.157. The van der Waals surface area contributed by atoms with Crippen molar-refractivity contribution >= 4 is 6.29 Å². The van der Waals surface area contributed by atoms with Gasteiger partial charge in [0.2, 0.25) is 0 Å². The first kappa shape index (κ1) is 13.1. The average molecular weight is 247 g/mol. The first-order valence-electron chi connectivity index (χ1n) is 6.66. The van der Waals surface area contributed by atoms with Crippen LogP contribution >= 0.6 is 0 Å². The van der Waals surface area contributed by atoms with Crippen LogP contribution in [0, 0.1) is 0 Å². The van der Waals surface area contributed by atoms with Gasteiger partial charge in [0.25, 0.3) is 0 Å². The fraction of sp³-hybridized carbons (Fsp3) is 0.533. The highest BCUT2D eigenvalue weighted by molar-refractivity contribution is 5.75. The molecule has 0 aromatic heterocycles. The molecule has 1 fully saturated rings. The quantitative estimate of drug-likeness (QED) is 0.749. The molecule has 0 N–H and O–H groups in total. The van der Waals surface area contributed by atoms with E-state index in [0.717, 1.165) is 42.8 Å². The zero-order valence-electron chi connectivity index (χ0n) is 11.2. The first-order valence-corrected chi connectivity index (χ1v) is 6.66. The van der Waals surface area contributed by atoms with Gasteiger partial charge < -0.3 is 4.74 Å². The van der Waals surface area contributed by atoms with E-state index >= 15 is 0 Å². The van der Waals surface area contributed by atoms with E-state index in [1.807, 2.05) is 32.0 Å². The van der Waals surface area contributed by atoms with Crippen LogP contribution in [0.5, 0.6) is 5.75 Å². The van der Waals surface area contributed by atoms with Gasteiger partial charge in [0.1, 0.15) is 12.0 Å². The van der Waals surface area contributed by atoms with Crippen molar-refractivity contribution in [3.63, 3.8) is 0 Å². The van der Waals surface area contributed by atoms with E-state index in [-0.39, 0.29) is 6.10 Å². The second kappa shape index (κ2) is 6.01. The SMILES string of the molecule is CC(C)Oc1ccc(C=O)cc1CN1CCCC1. The van der Waals surface area contributed by atoms with Gasteiger partial charge in [0, 0.05) is 17.7 Å². The average Bonchev–Trinajstić information content (AvgIpc) is 2.83. The molecule has 3 heteroatoms. The molecule has 0 amide bonds. The molecule has 1 heterocycles. The number of hydrogen-bond donors (Lipinski definition) is 0. The van der Waals surface area contributed by atoms with Gasteiger partial charge in [-0.1, -0.05) is 0 Å². The van der Waals surface area contributed by atoms with E-state index in [2.05, 4.69) is 4.90 Å². The van der Waals surface area contributed by atoms with Gasteiger partial charge in [-0.25, -0.2) is 0 Å². The Morgan fingerprint density at radius 1 is 1.33 bits per heavy atom. The summed E-state index contributed by atoms with van der Waals surface area (Å²) in [5.41, 5.74) is 1.84. The van der Waals surface area contributed by atoms with Gasteiger partial charge in [0.15, 0.2) is 0 Å². The molecule has 0 unspecified atom stereocenters. The predicted octanol–water partition coefficient (Wildman–Crippen LogP) is 2.88. The largest absolute Gasteiger partial charge is 0.491 e. The lowest BCUT2D eigenvalue weighted by molar-refractivity contribution is 0.112. The molecule has 0 atom stereocenters. The van der Waals surface area contributed by atoms with E-state index in [4.69, 9.17) is 4.74 Å². The predicted molar refractivity (Wildman–Crippen MR) is 72.1 cm³/mol. The molecule has 0 spiro atoms. The summed E-state index contributed by atoms with van der Waals surface area (Å²) < 4.78 is 5.81. The molecule has 1 aliphatic rings. The number of rotatable bonds is 5. The van der Waals surface area contributed by atoms with Crippen molar-refractivity contribution in [2.45, 2.75) is 39.3 Å². The van der Waals surface area contributed by atoms with E-state index in [0.29, 0.717) is 0 Å². The Labute approximate surface area is 109 Å². The second-order valence-corrected chi connectivity index (χ2v) is 5.13. The second-order valence-electron chi connectivity index (χ2n) is 5.13. The Morgan fingerprint density at radius 2 is 2.06 bits per heavy atom. The summed E-state index contributed by atoms with van der Waals surface area (Å²) in [5, 5.41) is 0. The summed E-state index contributed by atoms with van der Waals surface area (Å²) in [6.45, 7) is 7.21. The lowest BCUT2D eigenvalue weighted by atomic mass is 10.1. The van der Waals surface area contributed by atoms with Gasteiger partial charge in [0.05, 0.1) is 6.10 Å². The maximum atomic E-state index is 10.9. The molecule has 3 nitrogen and oxygen atoms in total. The number of carbonyl (C=O) groups is 1. The number of carbonyl (C=O) groups excluding carboxylic acids is 1. The zero-order valence-corrected chi connectivity index (χ0v) is 11.2. The maximum absolute atomic E-state index is 10.9. The monoisotopic (exact) mass is 247 g/mol. The van der Waals surface area contributed by atoms with Crippen LogP contribution in [0.25, 0.3) is 0 Å². The van der Waals surface area contributed by atoms with Crippen LogP contribution in [0.15, 0.2) is 18.2 Å². The van der Waals surface area contributed by atoms with Gasteiger partial charge >= 0.3 is 0 Å². The van der Waals surface area contributed by atoms with Crippen molar-refractivity contribution < 1.29 is 9.53 Å². The van der Waals surface area contributed by atoms with Crippen LogP contribution in [0.1, 0.15) is 42.6 Å². The van der Waals surface area contributed by atoms with E-state index in [1.165, 1.54) is 12.8 Å². The minimum absolute atomic E-state index is 0.157. The number of ether oxygens (including phenoxy) is 1. The Morgan fingerprint density at radius 3 is 2.67 bits per heavy atom. The molecule has 0 saturated carbocycles. The molecule has 1 saturated heterocycles. The molecule has 18 heavy (non-hydrogen) atoms. The third-order valence-electron chi connectivity index (χ3n) is 3.18. The number of benzene rings is 1. The number of aldehydes is 1. The maximum Gasteiger partial charge on any atom is 0.150 e. The van der Waals surface area contributed by atoms with Crippen molar-refractivity contribution in [1.29, 1.82) is 0 Å². The molecule has 0 radical (unpaired) electrons. The van der Waals surface area contributed by atoms with Gasteiger partial charge in [-0.3, -0.25) is 9.69 Å². The molecule has 98 valence electrons. The van der Waals surface area contributed by atoms with Crippen molar-refractivity contribution in [2.24, 2.45) is 0 Å². The fourth-order valence-electron chi connectivity index (χ4n) is 2.35. The van der Waals surface area contributed by atoms with Crippen LogP contribution in [-0.2, 0) is 6.54 Å². The van der Waals surface area contributed by atoms with Crippen LogP contribution < -0.4 is 4.74 Å². The zero-order chi connectivity index (χ0) is 13.0. The van der Waals surface area contributed by atoms with Gasteiger partial charge in [-0.05, 0) is 58.0 Å². The highest BCUT2D eigenvalue weighted by Crippen LogP contribution is 2.24. The number of hydrogen-bond acceptors (Lipinski definition) is 3. The summed E-state index contributed by atoms with van der Waals surface area (Å²) >= 11 is 0. The topological polar surface area (TPSA) is 29.5 Å². The van der Waals surface area contributed by atoms with Gasteiger partial charge in [-0.2, -0.15) is 0 Å². The lowest BCUT2D eigenvalue weighted by Crippen LogP contribution is -2.19. The van der Waals surface area contributed by atoms with Crippen molar-refractivity contribution in [2.75, 3.05) is 13.1 Å². The van der Waals surface area contributed by atoms with E-state index in [1.54, 1.807) is 0 Å². The highest BCUT2D eigenvalue weighted by Gasteiger charge is 2.15. The van der Waals surface area contributed by atoms with Crippen molar-refractivity contribution in [3.8, 4) is 5.75 Å². The molecular formula is C15H21NO2. The fourth-order valence-corrected chi connectivity index (χ4v) is 2.35. The Kier molecular flexibility index (Phi) is 4.37. The molecule has 1 aromatic carbocycles. The van der Waals surface area contributed by atoms with E-state index in [9.17, 15) is 4.79 Å². The summed E-state index contributed by atoms with van der Waals surface area (Å²) in [6, 6.07) is 5.68. The summed E-state index contributed by atoms with van der Waals surface area (Å²) in [4.78, 5) is 13.3. The molecule has 1 aromatic rings. The summed E-state index contributed by atoms with van der Waals surface area (Å²) in [7, 11) is 0. The number of nitrogens with zero attached hydrogens (tertiary/aromatic N) is 1. The van der Waals surface area contributed by atoms with Crippen LogP contribution in [0.3, 0.4) is 0 Å². The van der Waals surface area contributed by atoms with Gasteiger partial charge in [-0.15, -0.1) is 0 Å². The third-order valence-corrected chi connectivity index (χ3v) is 3.18. The molecule has 0 aliphatic carbocycles. The lowest BCUT2D eigenvalue weighted by Gasteiger charge is -2.19. The molecule has 0 bridgehead atoms.